The first-order valence-corrected chi connectivity index (χ1v) is 6.78. The quantitative estimate of drug-likeness (QED) is 0.846. The zero-order valence-corrected chi connectivity index (χ0v) is 12.0. The number of amides is 1. The molecule has 19 heavy (non-hydrogen) atoms. The fourth-order valence-corrected chi connectivity index (χ4v) is 2.58. The van der Waals surface area contributed by atoms with E-state index in [1.165, 1.54) is 18.2 Å². The smallest absolute Gasteiger partial charge is 0.256 e. The second kappa shape index (κ2) is 5.92. The van der Waals surface area contributed by atoms with Crippen LogP contribution in [0.1, 0.15) is 23.7 Å². The lowest BCUT2D eigenvalue weighted by Crippen LogP contribution is -2.46. The third-order valence-electron chi connectivity index (χ3n) is 3.66. The Hall–Kier alpha value is -1.07. The minimum absolute atomic E-state index is 0.0138. The van der Waals surface area contributed by atoms with E-state index in [-0.39, 0.29) is 17.6 Å². The molecular formula is C14H18FNO2S. The van der Waals surface area contributed by atoms with Crippen molar-refractivity contribution in [1.82, 2.24) is 4.90 Å². The zero-order valence-electron chi connectivity index (χ0n) is 11.1. The summed E-state index contributed by atoms with van der Waals surface area (Å²) in [6.07, 6.45) is 0.881. The first kappa shape index (κ1) is 14.3. The molecule has 1 heterocycles. The van der Waals surface area contributed by atoms with E-state index in [9.17, 15) is 9.18 Å². The number of piperidine rings is 1. The van der Waals surface area contributed by atoms with E-state index in [2.05, 4.69) is 19.6 Å². The molecule has 0 bridgehead atoms. The van der Waals surface area contributed by atoms with Gasteiger partial charge in [0.1, 0.15) is 5.82 Å². The van der Waals surface area contributed by atoms with Gasteiger partial charge in [0.15, 0.2) is 0 Å². The number of hydrogen-bond acceptors (Lipinski definition) is 3. The SMILES string of the molecule is COC1CN(C(=O)c2cc(S)ccc2F)CCC1C. The van der Waals surface area contributed by atoms with E-state index in [1.807, 2.05) is 0 Å². The molecule has 1 saturated heterocycles. The summed E-state index contributed by atoms with van der Waals surface area (Å²) >= 11 is 4.15. The van der Waals surface area contributed by atoms with Crippen LogP contribution in [0.2, 0.25) is 0 Å². The summed E-state index contributed by atoms with van der Waals surface area (Å²) in [7, 11) is 1.64. The minimum Gasteiger partial charge on any atom is -0.379 e. The number of methoxy groups -OCH3 is 1. The Balaban J connectivity index is 2.18. The first-order valence-electron chi connectivity index (χ1n) is 6.33. The van der Waals surface area contributed by atoms with Crippen molar-refractivity contribution in [1.29, 1.82) is 0 Å². The van der Waals surface area contributed by atoms with Crippen molar-refractivity contribution in [2.45, 2.75) is 24.3 Å². The maximum absolute atomic E-state index is 13.7. The fourth-order valence-electron chi connectivity index (χ4n) is 2.37. The average molecular weight is 283 g/mol. The number of halogens is 1. The van der Waals surface area contributed by atoms with Gasteiger partial charge in [-0.2, -0.15) is 0 Å². The Morgan fingerprint density at radius 2 is 2.26 bits per heavy atom. The number of benzene rings is 1. The maximum atomic E-state index is 13.7. The predicted molar refractivity (Wildman–Crippen MR) is 74.1 cm³/mol. The van der Waals surface area contributed by atoms with Gasteiger partial charge in [-0.1, -0.05) is 6.92 Å². The van der Waals surface area contributed by atoms with Crippen LogP contribution in [0.15, 0.2) is 23.1 Å². The van der Waals surface area contributed by atoms with Crippen LogP contribution in [0.4, 0.5) is 4.39 Å². The summed E-state index contributed by atoms with van der Waals surface area (Å²) in [6.45, 7) is 3.24. The monoisotopic (exact) mass is 283 g/mol. The number of carbonyl (C=O) groups is 1. The Bertz CT molecular complexity index is 481. The normalized spacial score (nSPS) is 23.5. The molecule has 1 aliphatic rings. The van der Waals surface area contributed by atoms with Crippen LogP contribution in [0.5, 0.6) is 0 Å². The number of ether oxygens (including phenoxy) is 1. The van der Waals surface area contributed by atoms with Gasteiger partial charge >= 0.3 is 0 Å². The van der Waals surface area contributed by atoms with Gasteiger partial charge in [-0.05, 0) is 30.5 Å². The zero-order chi connectivity index (χ0) is 14.0. The largest absolute Gasteiger partial charge is 0.379 e. The third kappa shape index (κ3) is 3.09. The molecule has 104 valence electrons. The molecule has 0 N–H and O–H groups in total. The van der Waals surface area contributed by atoms with Crippen LogP contribution in [-0.2, 0) is 4.74 Å². The van der Waals surface area contributed by atoms with Crippen molar-refractivity contribution >= 4 is 18.5 Å². The van der Waals surface area contributed by atoms with Crippen molar-refractivity contribution < 1.29 is 13.9 Å². The molecule has 0 spiro atoms. The standard InChI is InChI=1S/C14H18FNO2S/c1-9-5-6-16(8-13(9)18-2)14(17)11-7-10(19)3-4-12(11)15/h3-4,7,9,13,19H,5-6,8H2,1-2H3. The van der Waals surface area contributed by atoms with E-state index in [0.29, 0.717) is 23.9 Å². The minimum atomic E-state index is -0.504. The lowest BCUT2D eigenvalue weighted by atomic mass is 9.95. The van der Waals surface area contributed by atoms with Gasteiger partial charge in [0.05, 0.1) is 11.7 Å². The van der Waals surface area contributed by atoms with Gasteiger partial charge < -0.3 is 9.64 Å². The summed E-state index contributed by atoms with van der Waals surface area (Å²) in [5, 5.41) is 0. The highest BCUT2D eigenvalue weighted by molar-refractivity contribution is 7.80. The van der Waals surface area contributed by atoms with Crippen LogP contribution in [-0.4, -0.2) is 37.1 Å². The van der Waals surface area contributed by atoms with Crippen molar-refractivity contribution in [2.24, 2.45) is 5.92 Å². The molecule has 2 atom stereocenters. The van der Waals surface area contributed by atoms with E-state index < -0.39 is 5.82 Å². The Kier molecular flexibility index (Phi) is 4.47. The fraction of sp³-hybridized carbons (Fsp3) is 0.500. The van der Waals surface area contributed by atoms with Crippen LogP contribution < -0.4 is 0 Å². The molecule has 3 nitrogen and oxygen atoms in total. The average Bonchev–Trinajstić information content (AvgIpc) is 2.41. The van der Waals surface area contributed by atoms with E-state index in [4.69, 9.17) is 4.74 Å². The molecule has 0 aliphatic carbocycles. The highest BCUT2D eigenvalue weighted by Gasteiger charge is 2.30. The van der Waals surface area contributed by atoms with E-state index in [0.717, 1.165) is 6.42 Å². The van der Waals surface area contributed by atoms with E-state index >= 15 is 0 Å². The lowest BCUT2D eigenvalue weighted by Gasteiger charge is -2.36. The highest BCUT2D eigenvalue weighted by atomic mass is 32.1. The van der Waals surface area contributed by atoms with Gasteiger partial charge in [0.2, 0.25) is 0 Å². The van der Waals surface area contributed by atoms with Crippen LogP contribution in [0.25, 0.3) is 0 Å². The molecule has 5 heteroatoms. The van der Waals surface area contributed by atoms with Crippen LogP contribution in [0, 0.1) is 11.7 Å². The predicted octanol–water partition coefficient (Wildman–Crippen LogP) is 2.61. The number of hydrogen-bond donors (Lipinski definition) is 1. The summed E-state index contributed by atoms with van der Waals surface area (Å²) in [5.41, 5.74) is 0.0805. The molecule has 0 aromatic heterocycles. The molecule has 0 saturated carbocycles. The summed E-state index contributed by atoms with van der Waals surface area (Å²) < 4.78 is 19.1. The molecular weight excluding hydrogens is 265 g/mol. The molecule has 2 rings (SSSR count). The Morgan fingerprint density at radius 1 is 1.53 bits per heavy atom. The lowest BCUT2D eigenvalue weighted by molar-refractivity contribution is -0.00173. The van der Waals surface area contributed by atoms with Crippen LogP contribution >= 0.6 is 12.6 Å². The topological polar surface area (TPSA) is 29.5 Å². The number of nitrogens with zero attached hydrogens (tertiary/aromatic N) is 1. The second-order valence-electron chi connectivity index (χ2n) is 4.96. The van der Waals surface area contributed by atoms with Gasteiger partial charge in [0, 0.05) is 25.1 Å². The number of thiol groups is 1. The van der Waals surface area contributed by atoms with Crippen molar-refractivity contribution in [2.75, 3.05) is 20.2 Å². The highest BCUT2D eigenvalue weighted by Crippen LogP contribution is 2.22. The molecule has 1 aromatic carbocycles. The Labute approximate surface area is 118 Å². The first-order chi connectivity index (χ1) is 9.02. The molecule has 1 fully saturated rings. The summed E-state index contributed by atoms with van der Waals surface area (Å²) in [4.78, 5) is 14.6. The number of carbonyl (C=O) groups excluding carboxylic acids is 1. The number of rotatable bonds is 2. The van der Waals surface area contributed by atoms with Gasteiger partial charge in [-0.3, -0.25) is 4.79 Å². The Morgan fingerprint density at radius 3 is 2.95 bits per heavy atom. The van der Waals surface area contributed by atoms with Crippen molar-refractivity contribution in [3.05, 3.63) is 29.6 Å². The van der Waals surface area contributed by atoms with Crippen molar-refractivity contribution in [3.8, 4) is 0 Å². The van der Waals surface area contributed by atoms with E-state index in [1.54, 1.807) is 12.0 Å². The van der Waals surface area contributed by atoms with Gasteiger partial charge in [0.25, 0.3) is 5.91 Å². The van der Waals surface area contributed by atoms with Crippen LogP contribution in [0.3, 0.4) is 0 Å². The van der Waals surface area contributed by atoms with Gasteiger partial charge in [-0.15, -0.1) is 12.6 Å². The van der Waals surface area contributed by atoms with Crippen molar-refractivity contribution in [3.63, 3.8) is 0 Å². The molecule has 1 aromatic rings. The molecule has 2 unspecified atom stereocenters. The third-order valence-corrected chi connectivity index (χ3v) is 3.94. The number of likely N-dealkylation sites (tertiary alicyclic amines) is 1. The molecule has 0 radical (unpaired) electrons. The molecule has 1 aliphatic heterocycles. The maximum Gasteiger partial charge on any atom is 0.256 e. The summed E-state index contributed by atoms with van der Waals surface area (Å²) in [5.74, 6) is -0.382. The molecule has 1 amide bonds. The van der Waals surface area contributed by atoms with Gasteiger partial charge in [-0.25, -0.2) is 4.39 Å². The summed E-state index contributed by atoms with van der Waals surface area (Å²) in [6, 6.07) is 4.28. The second-order valence-corrected chi connectivity index (χ2v) is 5.47.